The number of nitrogens with zero attached hydrogens (tertiary/aromatic N) is 1. The zero-order valence-electron chi connectivity index (χ0n) is 17.3. The molecular weight excluding hydrogens is 405 g/mol. The molecule has 0 saturated heterocycles. The third-order valence-corrected chi connectivity index (χ3v) is 5.83. The molecule has 2 atom stereocenters. The molecule has 0 fully saturated rings. The van der Waals surface area contributed by atoms with Crippen LogP contribution in [-0.4, -0.2) is 23.3 Å². The first-order chi connectivity index (χ1) is 14.3. The number of carbonyl (C=O) groups excluding carboxylic acids is 1. The minimum atomic E-state index is -1.34. The summed E-state index contributed by atoms with van der Waals surface area (Å²) in [5.41, 5.74) is 1.49. The molecule has 0 aliphatic rings. The van der Waals surface area contributed by atoms with Crippen molar-refractivity contribution in [1.29, 1.82) is 0 Å². The Morgan fingerprint density at radius 1 is 1.10 bits per heavy atom. The molecule has 8 heteroatoms. The summed E-state index contributed by atoms with van der Waals surface area (Å²) in [6.07, 6.45) is 0.564. The van der Waals surface area contributed by atoms with Crippen LogP contribution in [0.25, 0.3) is 0 Å². The maximum atomic E-state index is 13.0. The zero-order chi connectivity index (χ0) is 22.1. The van der Waals surface area contributed by atoms with E-state index >= 15 is 0 Å². The smallest absolute Gasteiger partial charge is 0.313 e. The fourth-order valence-corrected chi connectivity index (χ4v) is 3.92. The van der Waals surface area contributed by atoms with Gasteiger partial charge in [-0.1, -0.05) is 56.3 Å². The van der Waals surface area contributed by atoms with Gasteiger partial charge in [0.1, 0.15) is 6.61 Å². The molecule has 0 aliphatic heterocycles. The van der Waals surface area contributed by atoms with Crippen LogP contribution >= 0.6 is 8.46 Å². The van der Waals surface area contributed by atoms with Crippen LogP contribution in [0, 0.1) is 22.0 Å². The number of methoxy groups -OCH3 is 1. The van der Waals surface area contributed by atoms with Crippen molar-refractivity contribution in [1.82, 2.24) is 0 Å². The number of carbonyl (C=O) groups is 1. The number of rotatable bonds is 11. The van der Waals surface area contributed by atoms with Gasteiger partial charge >= 0.3 is 5.97 Å². The largest absolute Gasteiger partial charge is 0.460 e. The second-order valence-electron chi connectivity index (χ2n) is 7.52. The minimum absolute atomic E-state index is 0.0394. The van der Waals surface area contributed by atoms with Crippen LogP contribution in [0.1, 0.15) is 31.4 Å². The van der Waals surface area contributed by atoms with E-state index in [0.29, 0.717) is 12.0 Å². The summed E-state index contributed by atoms with van der Waals surface area (Å²) in [6.45, 7) is 4.04. The molecule has 0 heterocycles. The van der Waals surface area contributed by atoms with Gasteiger partial charge in [-0.25, -0.2) is 0 Å². The molecule has 0 saturated carbocycles. The van der Waals surface area contributed by atoms with E-state index in [-0.39, 0.29) is 33.1 Å². The Labute approximate surface area is 177 Å². The Kier molecular flexibility index (Phi) is 8.63. The molecule has 0 amide bonds. The Bertz CT molecular complexity index is 856. The molecule has 160 valence electrons. The van der Waals surface area contributed by atoms with Gasteiger partial charge in [0, 0.05) is 25.7 Å². The van der Waals surface area contributed by atoms with Crippen molar-refractivity contribution in [3.8, 4) is 0 Å². The van der Waals surface area contributed by atoms with Gasteiger partial charge in [0.15, 0.2) is 13.8 Å². The fraction of sp³-hybridized carbons (Fsp3) is 0.409. The molecule has 2 rings (SSSR count). The SMILES string of the molecule is COC(Cc1ccc([N+](=O)[O-])cc1)(P=O)C(CC(C)C)C(=O)OCc1ccccc1. The predicted octanol–water partition coefficient (Wildman–Crippen LogP) is 5.18. The second kappa shape index (κ2) is 11.0. The van der Waals surface area contributed by atoms with Crippen LogP contribution in [0.4, 0.5) is 5.69 Å². The third-order valence-electron chi connectivity index (χ3n) is 4.87. The first kappa shape index (κ1) is 23.6. The molecule has 30 heavy (non-hydrogen) atoms. The molecule has 0 bridgehead atoms. The van der Waals surface area contributed by atoms with E-state index in [1.807, 2.05) is 44.2 Å². The van der Waals surface area contributed by atoms with E-state index in [4.69, 9.17) is 9.47 Å². The van der Waals surface area contributed by atoms with Crippen LogP contribution in [0.5, 0.6) is 0 Å². The number of nitro benzene ring substituents is 1. The minimum Gasteiger partial charge on any atom is -0.460 e. The van der Waals surface area contributed by atoms with Gasteiger partial charge in [-0.3, -0.25) is 19.5 Å². The maximum Gasteiger partial charge on any atom is 0.313 e. The molecule has 7 nitrogen and oxygen atoms in total. The highest BCUT2D eigenvalue weighted by molar-refractivity contribution is 7.25. The Hall–Kier alpha value is -2.63. The summed E-state index contributed by atoms with van der Waals surface area (Å²) in [6, 6.07) is 15.2. The van der Waals surface area contributed by atoms with E-state index in [2.05, 4.69) is 0 Å². The Balaban J connectivity index is 2.27. The molecule has 0 spiro atoms. The summed E-state index contributed by atoms with van der Waals surface area (Å²) in [5, 5.41) is 9.55. The van der Waals surface area contributed by atoms with Crippen molar-refractivity contribution in [2.75, 3.05) is 7.11 Å². The van der Waals surface area contributed by atoms with E-state index in [1.165, 1.54) is 19.2 Å². The molecule has 2 aromatic rings. The number of hydrogen-bond acceptors (Lipinski definition) is 6. The summed E-state index contributed by atoms with van der Waals surface area (Å²) in [4.78, 5) is 23.4. The first-order valence-electron chi connectivity index (χ1n) is 9.65. The standard InChI is InChI=1S/C22H26NO6P/c1-16(2)13-20(21(24)29-15-18-7-5-4-6-8-18)22(28-3,30-27)14-17-9-11-19(12-10-17)23(25)26/h4-12,16,20H,13-15H2,1-3H3. The average Bonchev–Trinajstić information content (AvgIpc) is 2.75. The molecule has 0 aromatic heterocycles. The highest BCUT2D eigenvalue weighted by atomic mass is 31.1. The predicted molar refractivity (Wildman–Crippen MR) is 113 cm³/mol. The zero-order valence-corrected chi connectivity index (χ0v) is 18.2. The lowest BCUT2D eigenvalue weighted by atomic mass is 9.87. The topological polar surface area (TPSA) is 95.7 Å². The lowest BCUT2D eigenvalue weighted by Gasteiger charge is -2.33. The molecule has 0 N–H and O–H groups in total. The Morgan fingerprint density at radius 2 is 1.73 bits per heavy atom. The summed E-state index contributed by atoms with van der Waals surface area (Å²) in [5.74, 6) is -1.13. The van der Waals surface area contributed by atoms with E-state index < -0.39 is 22.2 Å². The second-order valence-corrected chi connectivity index (χ2v) is 8.46. The monoisotopic (exact) mass is 431 g/mol. The number of non-ortho nitro benzene ring substituents is 1. The van der Waals surface area contributed by atoms with Gasteiger partial charge < -0.3 is 9.47 Å². The van der Waals surface area contributed by atoms with E-state index in [9.17, 15) is 19.5 Å². The van der Waals surface area contributed by atoms with Crippen LogP contribution < -0.4 is 0 Å². The van der Waals surface area contributed by atoms with Crippen LogP contribution in [-0.2, 0) is 31.9 Å². The lowest BCUT2D eigenvalue weighted by molar-refractivity contribution is -0.384. The highest BCUT2D eigenvalue weighted by Gasteiger charge is 2.46. The molecular formula is C22H26NO6P. The first-order valence-corrected chi connectivity index (χ1v) is 10.5. The van der Waals surface area contributed by atoms with Crippen LogP contribution in [0.3, 0.4) is 0 Å². The van der Waals surface area contributed by atoms with Crippen molar-refractivity contribution in [3.63, 3.8) is 0 Å². The molecule has 0 radical (unpaired) electrons. The number of nitro groups is 1. The summed E-state index contributed by atoms with van der Waals surface area (Å²) >= 11 is 0. The molecule has 0 aliphatic carbocycles. The van der Waals surface area contributed by atoms with Gasteiger partial charge in [-0.05, 0) is 23.5 Å². The quantitative estimate of drug-likeness (QED) is 0.211. The summed E-state index contributed by atoms with van der Waals surface area (Å²) < 4.78 is 23.5. The van der Waals surface area contributed by atoms with Crippen molar-refractivity contribution in [3.05, 3.63) is 75.8 Å². The number of benzene rings is 2. The normalized spacial score (nSPS) is 14.3. The van der Waals surface area contributed by atoms with Gasteiger partial charge in [0.05, 0.1) is 10.8 Å². The number of hydrogen-bond donors (Lipinski definition) is 0. The van der Waals surface area contributed by atoms with Gasteiger partial charge in [-0.15, -0.1) is 0 Å². The van der Waals surface area contributed by atoms with Crippen LogP contribution in [0.15, 0.2) is 54.6 Å². The van der Waals surface area contributed by atoms with E-state index in [0.717, 1.165) is 5.56 Å². The van der Waals surface area contributed by atoms with Gasteiger partial charge in [-0.2, -0.15) is 0 Å². The van der Waals surface area contributed by atoms with Crippen molar-refractivity contribution in [2.24, 2.45) is 11.8 Å². The Morgan fingerprint density at radius 3 is 2.23 bits per heavy atom. The van der Waals surface area contributed by atoms with Crippen molar-refractivity contribution >= 4 is 20.1 Å². The maximum absolute atomic E-state index is 13.0. The number of ether oxygens (including phenoxy) is 2. The third kappa shape index (κ3) is 6.18. The molecule has 2 unspecified atom stereocenters. The number of esters is 1. The van der Waals surface area contributed by atoms with E-state index in [1.54, 1.807) is 12.1 Å². The average molecular weight is 431 g/mol. The van der Waals surface area contributed by atoms with Crippen molar-refractivity contribution < 1.29 is 23.8 Å². The summed E-state index contributed by atoms with van der Waals surface area (Å²) in [7, 11) is 1.06. The highest BCUT2D eigenvalue weighted by Crippen LogP contribution is 2.40. The fourth-order valence-electron chi connectivity index (χ4n) is 3.26. The lowest BCUT2D eigenvalue weighted by Crippen LogP contribution is -2.43. The van der Waals surface area contributed by atoms with Gasteiger partial charge in [0.2, 0.25) is 0 Å². The van der Waals surface area contributed by atoms with Crippen LogP contribution in [0.2, 0.25) is 0 Å². The van der Waals surface area contributed by atoms with Crippen molar-refractivity contribution in [2.45, 2.75) is 38.6 Å². The van der Waals surface area contributed by atoms with Gasteiger partial charge in [0.25, 0.3) is 5.69 Å². The molecule has 2 aromatic carbocycles.